The van der Waals surface area contributed by atoms with Crippen molar-refractivity contribution in [3.63, 3.8) is 0 Å². The van der Waals surface area contributed by atoms with Crippen molar-refractivity contribution in [2.75, 3.05) is 77.1 Å². The molecule has 0 unspecified atom stereocenters. The van der Waals surface area contributed by atoms with E-state index in [1.54, 1.807) is 67.5 Å². The van der Waals surface area contributed by atoms with Crippen molar-refractivity contribution in [2.45, 2.75) is 40.8 Å². The van der Waals surface area contributed by atoms with Crippen molar-refractivity contribution in [1.29, 1.82) is 0 Å². The molecular weight excluding hydrogens is 959 g/mol. The lowest BCUT2D eigenvalue weighted by atomic mass is 10.1. The standard InChI is InChI=1S/2C29H29FN6O.2CH4/c1-35-12-14-36(15-13-35)20-24-8-7-22(18-26(24)30)29(37)33-25-6-2-4-21(16-25)17-28-32-11-9-27(34-28)23-5-3-10-31-19-23;1-35-13-15-36(16-14-35)20-21-4-6-22(7-5-21)29(37)33-25-8-9-26(30)24(17-25)18-28-32-12-10-27(34-28)23-3-2-11-31-19-23;;/h2-11,16,18-19H,12-15,17,20H2,1H3,(H,33,37);2-12,17,19H,13-16,18,20H2,1H3,(H,33,37);2*1H4. The fourth-order valence-electron chi connectivity index (χ4n) is 8.71. The van der Waals surface area contributed by atoms with Crippen LogP contribution >= 0.6 is 0 Å². The van der Waals surface area contributed by atoms with Crippen molar-refractivity contribution in [3.05, 3.63) is 215 Å². The number of carbonyl (C=O) groups is 2. The zero-order chi connectivity index (χ0) is 51.2. The Hall–Kier alpha value is -8.02. The highest BCUT2D eigenvalue weighted by Gasteiger charge is 2.19. The van der Waals surface area contributed by atoms with Gasteiger partial charge >= 0.3 is 0 Å². The van der Waals surface area contributed by atoms with Crippen molar-refractivity contribution in [3.8, 4) is 22.5 Å². The average Bonchev–Trinajstić information content (AvgIpc) is 3.43. The van der Waals surface area contributed by atoms with Crippen molar-refractivity contribution in [1.82, 2.24) is 49.5 Å². The number of hydrogen-bond acceptors (Lipinski definition) is 12. The Kier molecular flexibility index (Phi) is 19.8. The van der Waals surface area contributed by atoms with Crippen LogP contribution in [0.1, 0.15) is 69.5 Å². The van der Waals surface area contributed by atoms with Gasteiger partial charge in [0.05, 0.1) is 11.4 Å². The minimum absolute atomic E-state index is 0. The molecule has 392 valence electrons. The highest BCUT2D eigenvalue weighted by atomic mass is 19.1. The first-order valence-electron chi connectivity index (χ1n) is 24.7. The largest absolute Gasteiger partial charge is 0.322 e. The number of nitrogens with zero attached hydrogens (tertiary/aromatic N) is 10. The summed E-state index contributed by atoms with van der Waals surface area (Å²) < 4.78 is 29.4. The normalized spacial score (nSPS) is 14.1. The molecule has 0 aliphatic carbocycles. The second kappa shape index (κ2) is 27.0. The molecule has 0 saturated carbocycles. The third-order valence-electron chi connectivity index (χ3n) is 13.0. The van der Waals surface area contributed by atoms with Crippen LogP contribution in [0, 0.1) is 11.6 Å². The lowest BCUT2D eigenvalue weighted by Gasteiger charge is -2.32. The molecule has 4 aromatic carbocycles. The third-order valence-corrected chi connectivity index (χ3v) is 13.0. The molecule has 0 radical (unpaired) electrons. The number of likely N-dealkylation sites (N-methyl/N-ethyl adjacent to an activating group) is 2. The van der Waals surface area contributed by atoms with Crippen LogP contribution in [0.4, 0.5) is 20.2 Å². The first-order chi connectivity index (χ1) is 36.1. The number of benzene rings is 4. The molecule has 2 N–H and O–H groups in total. The topological polar surface area (TPSA) is 148 Å². The minimum Gasteiger partial charge on any atom is -0.322 e. The molecule has 2 aliphatic heterocycles. The Morgan fingerprint density at radius 3 is 1.63 bits per heavy atom. The number of pyridine rings is 2. The molecule has 2 amide bonds. The third kappa shape index (κ3) is 15.5. The number of anilines is 2. The first kappa shape index (κ1) is 55.7. The molecule has 0 bridgehead atoms. The summed E-state index contributed by atoms with van der Waals surface area (Å²) in [6.07, 6.45) is 11.0. The molecular formula is C60H66F2N12O2. The van der Waals surface area contributed by atoms with Crippen LogP contribution < -0.4 is 10.6 Å². The Bertz CT molecular complexity index is 3150. The molecule has 2 aliphatic rings. The van der Waals surface area contributed by atoms with E-state index in [4.69, 9.17) is 0 Å². The van der Waals surface area contributed by atoms with Crippen LogP contribution in [0.2, 0.25) is 0 Å². The SMILES string of the molecule is C.C.CN1CCN(Cc2ccc(C(=O)Nc3ccc(F)c(Cc4nccc(-c5cccnc5)n4)c3)cc2)CC1.CN1CCN(Cc2ccc(C(=O)Nc3cccc(Cc4nccc(-c5cccnc5)n4)c3)cc2F)CC1. The summed E-state index contributed by atoms with van der Waals surface area (Å²) in [7, 11) is 4.24. The number of rotatable bonds is 14. The van der Waals surface area contributed by atoms with Gasteiger partial charge in [0, 0.05) is 155 Å². The summed E-state index contributed by atoms with van der Waals surface area (Å²) in [6.45, 7) is 9.43. The molecule has 2 saturated heterocycles. The van der Waals surface area contributed by atoms with E-state index in [-0.39, 0.29) is 50.3 Å². The summed E-state index contributed by atoms with van der Waals surface area (Å²) in [5.74, 6) is -0.161. The van der Waals surface area contributed by atoms with Crippen molar-refractivity contribution >= 4 is 23.2 Å². The monoisotopic (exact) mass is 1020 g/mol. The van der Waals surface area contributed by atoms with Gasteiger partial charge in [0.2, 0.25) is 0 Å². The first-order valence-corrected chi connectivity index (χ1v) is 24.7. The van der Waals surface area contributed by atoms with E-state index in [1.807, 2.05) is 78.9 Å². The van der Waals surface area contributed by atoms with Gasteiger partial charge in [-0.1, -0.05) is 45.2 Å². The van der Waals surface area contributed by atoms with Gasteiger partial charge in [0.25, 0.3) is 11.8 Å². The van der Waals surface area contributed by atoms with Gasteiger partial charge in [-0.2, -0.15) is 0 Å². The summed E-state index contributed by atoms with van der Waals surface area (Å²) in [6, 6.07) is 35.7. The van der Waals surface area contributed by atoms with Gasteiger partial charge in [-0.25, -0.2) is 28.7 Å². The smallest absolute Gasteiger partial charge is 0.255 e. The lowest BCUT2D eigenvalue weighted by molar-refractivity contribution is 0.101. The van der Waals surface area contributed by atoms with E-state index in [1.165, 1.54) is 17.7 Å². The quantitative estimate of drug-likeness (QED) is 0.107. The van der Waals surface area contributed by atoms with Crippen LogP contribution in [0.3, 0.4) is 0 Å². The Balaban J connectivity index is 0.000000216. The molecule has 4 aromatic heterocycles. The van der Waals surface area contributed by atoms with Crippen molar-refractivity contribution < 1.29 is 18.4 Å². The van der Waals surface area contributed by atoms with Gasteiger partial charge in [-0.15, -0.1) is 0 Å². The van der Waals surface area contributed by atoms with Gasteiger partial charge in [0.15, 0.2) is 0 Å². The molecule has 76 heavy (non-hydrogen) atoms. The van der Waals surface area contributed by atoms with Crippen LogP contribution in [-0.4, -0.2) is 128 Å². The number of halogens is 2. The Morgan fingerprint density at radius 2 is 1.05 bits per heavy atom. The van der Waals surface area contributed by atoms with E-state index in [0.29, 0.717) is 52.7 Å². The van der Waals surface area contributed by atoms with Gasteiger partial charge in [0.1, 0.15) is 23.3 Å². The van der Waals surface area contributed by atoms with E-state index < -0.39 is 0 Å². The molecule has 10 rings (SSSR count). The van der Waals surface area contributed by atoms with Crippen LogP contribution in [0.5, 0.6) is 0 Å². The number of carbonyl (C=O) groups excluding carboxylic acids is 2. The van der Waals surface area contributed by atoms with E-state index in [0.717, 1.165) is 87.0 Å². The zero-order valence-electron chi connectivity index (χ0n) is 41.5. The molecule has 16 heteroatoms. The number of aromatic nitrogens is 6. The van der Waals surface area contributed by atoms with Crippen LogP contribution in [0.25, 0.3) is 22.5 Å². The summed E-state index contributed by atoms with van der Waals surface area (Å²) in [5.41, 5.74) is 8.46. The fourth-order valence-corrected chi connectivity index (χ4v) is 8.71. The average molecular weight is 1030 g/mol. The van der Waals surface area contributed by atoms with Gasteiger partial charge in [-0.05, 0) is 122 Å². The Morgan fingerprint density at radius 1 is 0.500 bits per heavy atom. The predicted molar refractivity (Wildman–Crippen MR) is 297 cm³/mol. The van der Waals surface area contributed by atoms with E-state index in [2.05, 4.69) is 74.2 Å². The number of piperazine rings is 2. The minimum atomic E-state index is -0.373. The molecule has 8 aromatic rings. The van der Waals surface area contributed by atoms with Crippen molar-refractivity contribution in [2.24, 2.45) is 0 Å². The zero-order valence-corrected chi connectivity index (χ0v) is 41.5. The molecule has 2 fully saturated rings. The highest BCUT2D eigenvalue weighted by molar-refractivity contribution is 6.05. The molecule has 0 atom stereocenters. The molecule has 14 nitrogen and oxygen atoms in total. The maximum Gasteiger partial charge on any atom is 0.255 e. The van der Waals surface area contributed by atoms with Crippen LogP contribution in [0.15, 0.2) is 159 Å². The number of amides is 2. The second-order valence-corrected chi connectivity index (χ2v) is 18.6. The number of hydrogen-bond donors (Lipinski definition) is 2. The summed E-state index contributed by atoms with van der Waals surface area (Å²) in [5, 5.41) is 5.77. The summed E-state index contributed by atoms with van der Waals surface area (Å²) in [4.78, 5) is 61.1. The van der Waals surface area contributed by atoms with Crippen LogP contribution in [-0.2, 0) is 25.9 Å². The maximum atomic E-state index is 14.8. The fraction of sp³-hybridized carbons (Fsp3) is 0.267. The Labute approximate surface area is 445 Å². The number of nitrogens with one attached hydrogen (secondary N) is 2. The lowest BCUT2D eigenvalue weighted by Crippen LogP contribution is -2.44. The predicted octanol–water partition coefficient (Wildman–Crippen LogP) is 9.81. The van der Waals surface area contributed by atoms with Gasteiger partial charge in [-0.3, -0.25) is 29.4 Å². The summed E-state index contributed by atoms with van der Waals surface area (Å²) >= 11 is 0. The molecule has 6 heterocycles. The van der Waals surface area contributed by atoms with E-state index in [9.17, 15) is 18.4 Å². The molecule has 0 spiro atoms. The van der Waals surface area contributed by atoms with Gasteiger partial charge < -0.3 is 20.4 Å². The second-order valence-electron chi connectivity index (χ2n) is 18.6. The maximum absolute atomic E-state index is 14.8. The highest BCUT2D eigenvalue weighted by Crippen LogP contribution is 2.23. The van der Waals surface area contributed by atoms with E-state index >= 15 is 0 Å².